The van der Waals surface area contributed by atoms with E-state index in [9.17, 15) is 19.1 Å². The van der Waals surface area contributed by atoms with E-state index in [1.807, 2.05) is 0 Å². The van der Waals surface area contributed by atoms with E-state index in [1.54, 1.807) is 24.3 Å². The van der Waals surface area contributed by atoms with E-state index in [4.69, 9.17) is 0 Å². The highest BCUT2D eigenvalue weighted by molar-refractivity contribution is 5.94. The van der Waals surface area contributed by atoms with Gasteiger partial charge in [0.25, 0.3) is 5.56 Å². The minimum atomic E-state index is -0.518. The minimum absolute atomic E-state index is 0.0108. The Labute approximate surface area is 130 Å². The molecule has 0 fully saturated rings. The molecule has 0 radical (unpaired) electrons. The van der Waals surface area contributed by atoms with Gasteiger partial charge in [-0.25, -0.2) is 4.39 Å². The van der Waals surface area contributed by atoms with Gasteiger partial charge < -0.3 is 15.4 Å². The standard InChI is InChI=1S/C17H13FN2O3/c18-10-5-7-11(8-6-10)19-15(21)9-13-16(22)12-3-1-2-4-14(12)20-17(13)23/h1-8H,9H2,(H,19,21)(H2,20,22,23). The second kappa shape index (κ2) is 5.92. The molecule has 5 nitrogen and oxygen atoms in total. The number of hydrogen-bond acceptors (Lipinski definition) is 3. The smallest absolute Gasteiger partial charge is 0.255 e. The van der Waals surface area contributed by atoms with Crippen LogP contribution in [0.5, 0.6) is 5.75 Å². The predicted octanol–water partition coefficient (Wildman–Crippen LogP) is 2.55. The van der Waals surface area contributed by atoms with E-state index in [1.165, 1.54) is 24.3 Å². The summed E-state index contributed by atoms with van der Waals surface area (Å²) in [5.74, 6) is -1.10. The van der Waals surface area contributed by atoms with Crippen molar-refractivity contribution in [2.75, 3.05) is 5.32 Å². The third-order valence-electron chi connectivity index (χ3n) is 3.46. The van der Waals surface area contributed by atoms with E-state index >= 15 is 0 Å². The van der Waals surface area contributed by atoms with Gasteiger partial charge in [0.1, 0.15) is 11.6 Å². The molecule has 1 heterocycles. The first-order valence-corrected chi connectivity index (χ1v) is 6.93. The summed E-state index contributed by atoms with van der Waals surface area (Å²) in [4.78, 5) is 26.7. The number of pyridine rings is 1. The molecule has 116 valence electrons. The minimum Gasteiger partial charge on any atom is -0.507 e. The Bertz CT molecular complexity index is 933. The highest BCUT2D eigenvalue weighted by Gasteiger charge is 2.15. The second-order valence-corrected chi connectivity index (χ2v) is 5.06. The van der Waals surface area contributed by atoms with Crippen LogP contribution in [0, 0.1) is 5.82 Å². The number of benzene rings is 2. The Hall–Kier alpha value is -3.15. The Morgan fingerprint density at radius 1 is 1.13 bits per heavy atom. The highest BCUT2D eigenvalue weighted by atomic mass is 19.1. The lowest BCUT2D eigenvalue weighted by Crippen LogP contribution is -2.21. The Kier molecular flexibility index (Phi) is 3.80. The average Bonchev–Trinajstić information content (AvgIpc) is 2.54. The molecule has 0 aliphatic heterocycles. The molecular formula is C17H13FN2O3. The molecule has 0 unspecified atom stereocenters. The SMILES string of the molecule is O=C(Cc1c(O)c2ccccc2[nH]c1=O)Nc1ccc(F)cc1. The summed E-state index contributed by atoms with van der Waals surface area (Å²) in [6.07, 6.45) is -0.288. The van der Waals surface area contributed by atoms with Gasteiger partial charge in [0.15, 0.2) is 0 Å². The summed E-state index contributed by atoms with van der Waals surface area (Å²) in [6, 6.07) is 12.0. The van der Waals surface area contributed by atoms with Crippen molar-refractivity contribution in [2.45, 2.75) is 6.42 Å². The van der Waals surface area contributed by atoms with Gasteiger partial charge in [-0.05, 0) is 36.4 Å². The molecule has 0 spiro atoms. The van der Waals surface area contributed by atoms with Gasteiger partial charge in [-0.1, -0.05) is 12.1 Å². The lowest BCUT2D eigenvalue weighted by molar-refractivity contribution is -0.115. The van der Waals surface area contributed by atoms with Gasteiger partial charge in [-0.15, -0.1) is 0 Å². The third kappa shape index (κ3) is 3.06. The van der Waals surface area contributed by atoms with Crippen LogP contribution in [0.1, 0.15) is 5.56 Å². The van der Waals surface area contributed by atoms with Crippen LogP contribution in [0.4, 0.5) is 10.1 Å². The summed E-state index contributed by atoms with van der Waals surface area (Å²) < 4.78 is 12.8. The van der Waals surface area contributed by atoms with Crippen LogP contribution in [0.2, 0.25) is 0 Å². The fourth-order valence-electron chi connectivity index (χ4n) is 2.33. The lowest BCUT2D eigenvalue weighted by atomic mass is 10.1. The fourth-order valence-corrected chi connectivity index (χ4v) is 2.33. The van der Waals surface area contributed by atoms with Crippen molar-refractivity contribution in [1.29, 1.82) is 0 Å². The van der Waals surface area contributed by atoms with Crippen LogP contribution in [-0.4, -0.2) is 16.0 Å². The van der Waals surface area contributed by atoms with Crippen LogP contribution in [-0.2, 0) is 11.2 Å². The molecule has 0 saturated heterocycles. The molecule has 0 aliphatic rings. The van der Waals surface area contributed by atoms with Crippen molar-refractivity contribution in [3.8, 4) is 5.75 Å². The molecule has 0 bridgehead atoms. The fraction of sp³-hybridized carbons (Fsp3) is 0.0588. The number of carbonyl (C=O) groups excluding carboxylic acids is 1. The molecule has 1 amide bonds. The molecule has 0 atom stereocenters. The monoisotopic (exact) mass is 312 g/mol. The highest BCUT2D eigenvalue weighted by Crippen LogP contribution is 2.24. The maximum absolute atomic E-state index is 12.8. The summed E-state index contributed by atoms with van der Waals surface area (Å²) in [6.45, 7) is 0. The zero-order chi connectivity index (χ0) is 16.4. The van der Waals surface area contributed by atoms with Crippen LogP contribution in [0.25, 0.3) is 10.9 Å². The topological polar surface area (TPSA) is 82.2 Å². The Morgan fingerprint density at radius 2 is 1.83 bits per heavy atom. The Balaban J connectivity index is 1.87. The van der Waals surface area contributed by atoms with Crippen molar-refractivity contribution in [2.24, 2.45) is 0 Å². The zero-order valence-electron chi connectivity index (χ0n) is 12.0. The third-order valence-corrected chi connectivity index (χ3v) is 3.46. The number of amides is 1. The predicted molar refractivity (Wildman–Crippen MR) is 85.0 cm³/mol. The van der Waals surface area contributed by atoms with E-state index in [0.29, 0.717) is 16.6 Å². The van der Waals surface area contributed by atoms with Crippen molar-refractivity contribution in [1.82, 2.24) is 4.98 Å². The quantitative estimate of drug-likeness (QED) is 0.695. The number of halogens is 1. The summed E-state index contributed by atoms with van der Waals surface area (Å²) in [7, 11) is 0. The molecule has 3 aromatic rings. The van der Waals surface area contributed by atoms with Crippen molar-refractivity contribution < 1.29 is 14.3 Å². The second-order valence-electron chi connectivity index (χ2n) is 5.06. The average molecular weight is 312 g/mol. The number of para-hydroxylation sites is 1. The molecule has 3 rings (SSSR count). The Morgan fingerprint density at radius 3 is 2.57 bits per heavy atom. The molecular weight excluding hydrogens is 299 g/mol. The summed E-state index contributed by atoms with van der Waals surface area (Å²) in [5, 5.41) is 13.3. The van der Waals surface area contributed by atoms with E-state index in [-0.39, 0.29) is 17.7 Å². The van der Waals surface area contributed by atoms with Crippen molar-refractivity contribution in [3.63, 3.8) is 0 Å². The number of nitrogens with one attached hydrogen (secondary N) is 2. The molecule has 23 heavy (non-hydrogen) atoms. The number of carbonyl (C=O) groups is 1. The summed E-state index contributed by atoms with van der Waals surface area (Å²) >= 11 is 0. The lowest BCUT2D eigenvalue weighted by Gasteiger charge is -2.08. The molecule has 2 aromatic carbocycles. The van der Waals surface area contributed by atoms with Crippen LogP contribution < -0.4 is 10.9 Å². The van der Waals surface area contributed by atoms with Gasteiger partial charge in [-0.2, -0.15) is 0 Å². The number of aromatic amines is 1. The maximum atomic E-state index is 12.8. The molecule has 0 saturated carbocycles. The molecule has 6 heteroatoms. The van der Waals surface area contributed by atoms with Gasteiger partial charge >= 0.3 is 0 Å². The number of aromatic nitrogens is 1. The van der Waals surface area contributed by atoms with Crippen LogP contribution in [0.15, 0.2) is 53.3 Å². The van der Waals surface area contributed by atoms with Crippen molar-refractivity contribution in [3.05, 3.63) is 70.3 Å². The first kappa shape index (κ1) is 14.8. The first-order valence-electron chi connectivity index (χ1n) is 6.93. The van der Waals surface area contributed by atoms with Gasteiger partial charge in [0, 0.05) is 11.1 Å². The number of fused-ring (bicyclic) bond motifs is 1. The van der Waals surface area contributed by atoms with Crippen LogP contribution in [0.3, 0.4) is 0 Å². The van der Waals surface area contributed by atoms with E-state index in [2.05, 4.69) is 10.3 Å². The largest absolute Gasteiger partial charge is 0.507 e. The molecule has 1 aromatic heterocycles. The maximum Gasteiger partial charge on any atom is 0.255 e. The van der Waals surface area contributed by atoms with Crippen LogP contribution >= 0.6 is 0 Å². The number of rotatable bonds is 3. The van der Waals surface area contributed by atoms with Gasteiger partial charge in [-0.3, -0.25) is 9.59 Å². The number of anilines is 1. The van der Waals surface area contributed by atoms with E-state index in [0.717, 1.165) is 0 Å². The molecule has 0 aliphatic carbocycles. The van der Waals surface area contributed by atoms with Gasteiger partial charge in [0.2, 0.25) is 5.91 Å². The zero-order valence-corrected chi connectivity index (χ0v) is 12.0. The normalized spacial score (nSPS) is 10.7. The van der Waals surface area contributed by atoms with E-state index < -0.39 is 17.3 Å². The molecule has 3 N–H and O–H groups in total. The summed E-state index contributed by atoms with van der Waals surface area (Å²) in [5.41, 5.74) is 0.379. The number of hydrogen-bond donors (Lipinski definition) is 3. The first-order chi connectivity index (χ1) is 11.0. The number of aromatic hydroxyl groups is 1. The van der Waals surface area contributed by atoms with Gasteiger partial charge in [0.05, 0.1) is 17.5 Å². The number of H-pyrrole nitrogens is 1. The van der Waals surface area contributed by atoms with Crippen molar-refractivity contribution >= 4 is 22.5 Å².